The zero-order chi connectivity index (χ0) is 10.7. The van der Waals surface area contributed by atoms with E-state index >= 15 is 0 Å². The number of hydrogen-bond donors (Lipinski definition) is 0. The molecule has 0 rings (SSSR count). The molecule has 0 aromatic rings. The van der Waals surface area contributed by atoms with Gasteiger partial charge in [0.2, 0.25) is 0 Å². The van der Waals surface area contributed by atoms with Gasteiger partial charge in [0.1, 0.15) is 0 Å². The van der Waals surface area contributed by atoms with Crippen molar-refractivity contribution in [1.82, 2.24) is 0 Å². The van der Waals surface area contributed by atoms with E-state index in [1.54, 1.807) is 0 Å². The number of halogens is 2. The molecule has 72 valence electrons. The van der Waals surface area contributed by atoms with Gasteiger partial charge >= 0.3 is 79.7 Å². The van der Waals surface area contributed by atoms with Gasteiger partial charge in [0.25, 0.3) is 0 Å². The monoisotopic (exact) mass is 388 g/mol. The summed E-state index contributed by atoms with van der Waals surface area (Å²) in [6.07, 6.45) is 0. The van der Waals surface area contributed by atoms with E-state index < -0.39 is 0 Å². The van der Waals surface area contributed by atoms with Crippen molar-refractivity contribution in [3.63, 3.8) is 0 Å². The van der Waals surface area contributed by atoms with Gasteiger partial charge in [-0.25, -0.2) is 0 Å². The maximum absolute atomic E-state index is 7.50. The summed E-state index contributed by atoms with van der Waals surface area (Å²) in [5, 5.41) is 0. The zero-order valence-electron chi connectivity index (χ0n) is 5.06. The first-order valence-corrected chi connectivity index (χ1v) is 5.29. The molecule has 0 aliphatic rings. The number of rotatable bonds is 0. The van der Waals surface area contributed by atoms with Gasteiger partial charge < -0.3 is 0 Å². The molecular formula is C4Cl2O4Rh2. The second-order valence-corrected chi connectivity index (χ2v) is 2.54. The molecule has 0 aromatic heterocycles. The molecule has 0 fully saturated rings. The average molecular weight is 389 g/mol. The van der Waals surface area contributed by atoms with Crippen LogP contribution < -0.4 is 0 Å². The third kappa shape index (κ3) is 1670. The predicted molar refractivity (Wildman–Crippen MR) is 27.4 cm³/mol. The molecule has 0 unspecified atom stereocenters. The molecule has 0 N–H and O–H groups in total. The van der Waals surface area contributed by atoms with Crippen molar-refractivity contribution in [1.29, 1.82) is 0 Å². The Morgan fingerprint density at radius 2 is 0.667 bits per heavy atom. The minimum atomic E-state index is -0.226. The van der Waals surface area contributed by atoms with Crippen LogP contribution in [0.2, 0.25) is 0 Å². The van der Waals surface area contributed by atoms with Crippen LogP contribution in [0.1, 0.15) is 0 Å². The zero-order valence-corrected chi connectivity index (χ0v) is 9.84. The van der Waals surface area contributed by atoms with E-state index in [1.165, 1.54) is 0 Å². The standard InChI is InChI=1S/4CO.2ClH.2Rh/c4*1-2;;;;/h;;;;2*1H;;/q;;;;;;;+2/p-2. The van der Waals surface area contributed by atoms with Crippen LogP contribution in [-0.4, -0.2) is 0 Å². The molecule has 0 heterocycles. The minimum Gasteiger partial charge on any atom is 0 e. The Bertz CT molecular complexity index is 76.2. The Kier molecular flexibility index (Phi) is 1380. The van der Waals surface area contributed by atoms with Gasteiger partial charge in [-0.2, -0.15) is 0 Å². The minimum absolute atomic E-state index is 0. The quantitative estimate of drug-likeness (QED) is 0.340. The summed E-state index contributed by atoms with van der Waals surface area (Å²) >= 11 is -0.226. The van der Waals surface area contributed by atoms with E-state index in [0.717, 1.165) is 0 Å². The van der Waals surface area contributed by atoms with Crippen LogP contribution in [0, 0.1) is 26.6 Å². The Labute approximate surface area is 98.7 Å². The van der Waals surface area contributed by atoms with Gasteiger partial charge in [-0.05, 0) is 0 Å². The summed E-state index contributed by atoms with van der Waals surface area (Å²) in [6.45, 7) is 18.0. The summed E-state index contributed by atoms with van der Waals surface area (Å²) in [4.78, 5) is 0. The number of hydrogen-bond acceptors (Lipinski definition) is 0. The molecule has 0 saturated carbocycles. The van der Waals surface area contributed by atoms with Crippen LogP contribution in [0.3, 0.4) is 0 Å². The maximum atomic E-state index is 7.50. The first kappa shape index (κ1) is 38.6. The SMILES string of the molecule is [C-]#[O+].[C-]#[O+].[C-]#[O+].[C-]#[O+].[Cl][Rh][Cl].[Rh]. The maximum Gasteiger partial charge on any atom is 0 e. The molecule has 0 spiro atoms. The van der Waals surface area contributed by atoms with Gasteiger partial charge in [-0.3, -0.25) is 0 Å². The van der Waals surface area contributed by atoms with Gasteiger partial charge in [0, 0.05) is 19.5 Å². The fourth-order valence-corrected chi connectivity index (χ4v) is 0. The van der Waals surface area contributed by atoms with E-state index in [2.05, 4.69) is 26.6 Å². The first-order chi connectivity index (χ1) is 5.41. The fraction of sp³-hybridized carbons (Fsp3) is 0. The van der Waals surface area contributed by atoms with Crippen LogP contribution in [0.25, 0.3) is 0 Å². The second-order valence-electron chi connectivity index (χ2n) is 0.0476. The Balaban J connectivity index is -0.00000000933. The summed E-state index contributed by atoms with van der Waals surface area (Å²) < 4.78 is 30.0. The second kappa shape index (κ2) is 430. The summed E-state index contributed by atoms with van der Waals surface area (Å²) in [6, 6.07) is 0. The van der Waals surface area contributed by atoms with E-state index in [0.29, 0.717) is 0 Å². The smallest absolute Gasteiger partial charge is 0 e. The molecule has 0 aromatic carbocycles. The van der Waals surface area contributed by atoms with Crippen LogP contribution >= 0.6 is 19.4 Å². The van der Waals surface area contributed by atoms with Gasteiger partial charge in [0.05, 0.1) is 0 Å². The van der Waals surface area contributed by atoms with E-state index in [9.17, 15) is 0 Å². The molecule has 12 heavy (non-hydrogen) atoms. The molecule has 1 radical (unpaired) electrons. The molecule has 0 amide bonds. The molecule has 0 aliphatic heterocycles. The van der Waals surface area contributed by atoms with Crippen molar-refractivity contribution >= 4 is 19.4 Å². The van der Waals surface area contributed by atoms with Crippen LogP contribution in [-0.2, 0) is 53.2 Å². The molecular weight excluding hydrogens is 389 g/mol. The molecule has 0 saturated heterocycles. The van der Waals surface area contributed by atoms with Gasteiger partial charge in [0.15, 0.2) is 0 Å². The normalized spacial score (nSPS) is 2.50. The van der Waals surface area contributed by atoms with Crippen LogP contribution in [0.15, 0.2) is 0 Å². The Hall–Kier alpha value is 0.787. The van der Waals surface area contributed by atoms with Crippen molar-refractivity contribution in [3.05, 3.63) is 26.6 Å². The molecule has 0 bridgehead atoms. The predicted octanol–water partition coefficient (Wildman–Crippen LogP) is 1.22. The molecule has 8 heteroatoms. The van der Waals surface area contributed by atoms with Gasteiger partial charge in [-0.1, -0.05) is 0 Å². The van der Waals surface area contributed by atoms with Crippen molar-refractivity contribution in [2.24, 2.45) is 0 Å². The van der Waals surface area contributed by atoms with Crippen LogP contribution in [0.5, 0.6) is 0 Å². The molecule has 0 atom stereocenters. The molecule has 0 aliphatic carbocycles. The first-order valence-electron chi connectivity index (χ1n) is 1.07. The van der Waals surface area contributed by atoms with Crippen LogP contribution in [0.4, 0.5) is 0 Å². The third-order valence-electron chi connectivity index (χ3n) is 0. The topological polar surface area (TPSA) is 79.6 Å². The van der Waals surface area contributed by atoms with E-state index in [1.807, 2.05) is 0 Å². The van der Waals surface area contributed by atoms with Crippen molar-refractivity contribution in [2.75, 3.05) is 0 Å². The summed E-state index contributed by atoms with van der Waals surface area (Å²) in [7, 11) is 9.67. The Morgan fingerprint density at radius 1 is 0.667 bits per heavy atom. The third-order valence-corrected chi connectivity index (χ3v) is 0. The van der Waals surface area contributed by atoms with Gasteiger partial charge in [-0.15, -0.1) is 0 Å². The fourth-order valence-electron chi connectivity index (χ4n) is 0. The van der Waals surface area contributed by atoms with Crippen molar-refractivity contribution in [3.8, 4) is 0 Å². The Morgan fingerprint density at radius 3 is 0.667 bits per heavy atom. The van der Waals surface area contributed by atoms with E-state index in [-0.39, 0.29) is 34.6 Å². The average Bonchev–Trinajstić information content (AvgIpc) is 2.18. The van der Waals surface area contributed by atoms with Crippen molar-refractivity contribution in [2.45, 2.75) is 0 Å². The summed E-state index contributed by atoms with van der Waals surface area (Å²) in [5.74, 6) is 0. The summed E-state index contributed by atoms with van der Waals surface area (Å²) in [5.41, 5.74) is 0. The molecule has 4 nitrogen and oxygen atoms in total. The largest absolute Gasteiger partial charge is 0 e. The van der Waals surface area contributed by atoms with Crippen molar-refractivity contribution < 1.29 is 53.2 Å². The van der Waals surface area contributed by atoms with E-state index in [4.69, 9.17) is 38.0 Å².